The van der Waals surface area contributed by atoms with Gasteiger partial charge in [0, 0.05) is 12.0 Å². The monoisotopic (exact) mass is 338 g/mol. The lowest BCUT2D eigenvalue weighted by atomic mass is 10.1. The number of hydrogen-bond donors (Lipinski definition) is 1. The Morgan fingerprint density at radius 2 is 2.04 bits per heavy atom. The second kappa shape index (κ2) is 5.89. The van der Waals surface area contributed by atoms with Gasteiger partial charge in [-0.3, -0.25) is 13.9 Å². The standard InChI is InChI=1S/C16H22N2O4S/c1-4-10-11(9-19)23-14-12(10)13(20)18(16(2)5-6-16)15(21)17(14)7-8-22-3/h19H,4-9H2,1-3H3. The Hall–Kier alpha value is -1.44. The van der Waals surface area contributed by atoms with E-state index in [0.717, 1.165) is 23.3 Å². The molecule has 3 rings (SSSR count). The van der Waals surface area contributed by atoms with E-state index >= 15 is 0 Å². The molecule has 1 saturated carbocycles. The summed E-state index contributed by atoms with van der Waals surface area (Å²) in [7, 11) is 1.59. The summed E-state index contributed by atoms with van der Waals surface area (Å²) in [4.78, 5) is 27.3. The van der Waals surface area contributed by atoms with Gasteiger partial charge in [-0.05, 0) is 31.7 Å². The maximum Gasteiger partial charge on any atom is 0.332 e. The van der Waals surface area contributed by atoms with E-state index in [1.54, 1.807) is 11.7 Å². The van der Waals surface area contributed by atoms with Crippen LogP contribution in [0.1, 0.15) is 37.1 Å². The van der Waals surface area contributed by atoms with Gasteiger partial charge in [0.25, 0.3) is 5.56 Å². The molecular formula is C16H22N2O4S. The number of fused-ring (bicyclic) bond motifs is 1. The zero-order valence-electron chi connectivity index (χ0n) is 13.7. The van der Waals surface area contributed by atoms with Crippen LogP contribution in [0.5, 0.6) is 0 Å². The van der Waals surface area contributed by atoms with E-state index in [4.69, 9.17) is 4.74 Å². The van der Waals surface area contributed by atoms with Gasteiger partial charge in [0.2, 0.25) is 0 Å². The summed E-state index contributed by atoms with van der Waals surface area (Å²) in [6.07, 6.45) is 2.34. The number of nitrogens with zero attached hydrogens (tertiary/aromatic N) is 2. The molecule has 1 N–H and O–H groups in total. The molecular weight excluding hydrogens is 316 g/mol. The van der Waals surface area contributed by atoms with Gasteiger partial charge in [-0.2, -0.15) is 0 Å². The van der Waals surface area contributed by atoms with Crippen LogP contribution in [0.15, 0.2) is 9.59 Å². The molecule has 1 aliphatic carbocycles. The van der Waals surface area contributed by atoms with Gasteiger partial charge in [0.05, 0.1) is 30.7 Å². The zero-order valence-corrected chi connectivity index (χ0v) is 14.5. The van der Waals surface area contributed by atoms with Crippen molar-refractivity contribution in [2.45, 2.75) is 51.8 Å². The van der Waals surface area contributed by atoms with Crippen LogP contribution in [0.4, 0.5) is 0 Å². The topological polar surface area (TPSA) is 73.5 Å². The summed E-state index contributed by atoms with van der Waals surface area (Å²) >= 11 is 1.34. The van der Waals surface area contributed by atoms with E-state index in [1.165, 1.54) is 15.9 Å². The first-order valence-corrected chi connectivity index (χ1v) is 8.70. The first kappa shape index (κ1) is 16.4. The van der Waals surface area contributed by atoms with Crippen molar-refractivity contribution in [3.63, 3.8) is 0 Å². The van der Waals surface area contributed by atoms with E-state index in [9.17, 15) is 14.7 Å². The van der Waals surface area contributed by atoms with Gasteiger partial charge in [-0.25, -0.2) is 4.79 Å². The lowest BCUT2D eigenvalue weighted by Crippen LogP contribution is -2.45. The molecule has 0 atom stereocenters. The number of hydrogen-bond acceptors (Lipinski definition) is 5. The van der Waals surface area contributed by atoms with Crippen LogP contribution in [0.3, 0.4) is 0 Å². The predicted molar refractivity (Wildman–Crippen MR) is 90.4 cm³/mol. The maximum atomic E-state index is 13.0. The number of ether oxygens (including phenoxy) is 1. The minimum absolute atomic E-state index is 0.113. The molecule has 0 radical (unpaired) electrons. The normalized spacial score (nSPS) is 16.2. The summed E-state index contributed by atoms with van der Waals surface area (Å²) in [6.45, 7) is 4.60. The number of aliphatic hydroxyl groups excluding tert-OH is 1. The highest BCUT2D eigenvalue weighted by atomic mass is 32.1. The molecule has 23 heavy (non-hydrogen) atoms. The quantitative estimate of drug-likeness (QED) is 0.865. The van der Waals surface area contributed by atoms with Crippen LogP contribution in [-0.4, -0.2) is 28.0 Å². The second-order valence-electron chi connectivity index (χ2n) is 6.26. The van der Waals surface area contributed by atoms with Crippen molar-refractivity contribution >= 4 is 21.6 Å². The lowest BCUT2D eigenvalue weighted by molar-refractivity contribution is 0.186. The highest BCUT2D eigenvalue weighted by Crippen LogP contribution is 2.41. The van der Waals surface area contributed by atoms with E-state index in [-0.39, 0.29) is 23.4 Å². The van der Waals surface area contributed by atoms with Crippen LogP contribution in [0.2, 0.25) is 0 Å². The molecule has 2 aromatic heterocycles. The highest BCUT2D eigenvalue weighted by Gasteiger charge is 2.43. The molecule has 1 fully saturated rings. The largest absolute Gasteiger partial charge is 0.391 e. The Kier molecular flexibility index (Phi) is 4.20. The highest BCUT2D eigenvalue weighted by molar-refractivity contribution is 7.18. The average molecular weight is 338 g/mol. The molecule has 0 aliphatic heterocycles. The molecule has 0 amide bonds. The van der Waals surface area contributed by atoms with Gasteiger partial charge in [0.1, 0.15) is 4.83 Å². The smallest absolute Gasteiger partial charge is 0.332 e. The third-order valence-corrected chi connectivity index (χ3v) is 5.93. The molecule has 126 valence electrons. The Morgan fingerprint density at radius 3 is 2.57 bits per heavy atom. The molecule has 2 heterocycles. The van der Waals surface area contributed by atoms with Gasteiger partial charge in [0.15, 0.2) is 0 Å². The van der Waals surface area contributed by atoms with E-state index in [2.05, 4.69) is 0 Å². The number of aliphatic hydroxyl groups is 1. The van der Waals surface area contributed by atoms with Crippen molar-refractivity contribution in [3.8, 4) is 0 Å². The molecule has 2 aromatic rings. The number of rotatable bonds is 6. The summed E-state index contributed by atoms with van der Waals surface area (Å²) in [6, 6.07) is 0. The first-order chi connectivity index (χ1) is 11.0. The minimum Gasteiger partial charge on any atom is -0.391 e. The van der Waals surface area contributed by atoms with Crippen molar-refractivity contribution in [3.05, 3.63) is 31.3 Å². The summed E-state index contributed by atoms with van der Waals surface area (Å²) in [5, 5.41) is 10.2. The molecule has 7 heteroatoms. The zero-order chi connectivity index (χ0) is 16.8. The van der Waals surface area contributed by atoms with Gasteiger partial charge in [-0.15, -0.1) is 11.3 Å². The molecule has 0 unspecified atom stereocenters. The van der Waals surface area contributed by atoms with E-state index in [0.29, 0.717) is 29.8 Å². The molecule has 1 aliphatic rings. The Balaban J connectivity index is 2.41. The molecule has 0 saturated heterocycles. The summed E-state index contributed by atoms with van der Waals surface area (Å²) in [5.41, 5.74) is 0.00447. The Morgan fingerprint density at radius 1 is 1.35 bits per heavy atom. The van der Waals surface area contributed by atoms with Crippen molar-refractivity contribution < 1.29 is 9.84 Å². The van der Waals surface area contributed by atoms with Crippen LogP contribution < -0.4 is 11.2 Å². The fraction of sp³-hybridized carbons (Fsp3) is 0.625. The van der Waals surface area contributed by atoms with Crippen molar-refractivity contribution in [2.24, 2.45) is 0 Å². The minimum atomic E-state index is -0.372. The molecule has 0 bridgehead atoms. The fourth-order valence-corrected chi connectivity index (χ4v) is 4.34. The Bertz CT molecular complexity index is 858. The number of aryl methyl sites for hydroxylation is 1. The van der Waals surface area contributed by atoms with Gasteiger partial charge >= 0.3 is 5.69 Å². The van der Waals surface area contributed by atoms with Crippen molar-refractivity contribution in [2.75, 3.05) is 13.7 Å². The number of methoxy groups -OCH3 is 1. The van der Waals surface area contributed by atoms with Crippen molar-refractivity contribution in [1.82, 2.24) is 9.13 Å². The van der Waals surface area contributed by atoms with Gasteiger partial charge < -0.3 is 9.84 Å². The third-order valence-electron chi connectivity index (χ3n) is 4.69. The van der Waals surface area contributed by atoms with Crippen LogP contribution >= 0.6 is 11.3 Å². The first-order valence-electron chi connectivity index (χ1n) is 7.89. The fourth-order valence-electron chi connectivity index (χ4n) is 3.08. The molecule has 0 aromatic carbocycles. The Labute approximate surface area is 137 Å². The van der Waals surface area contributed by atoms with Crippen LogP contribution in [0.25, 0.3) is 10.2 Å². The average Bonchev–Trinajstić information content (AvgIpc) is 3.14. The lowest BCUT2D eigenvalue weighted by Gasteiger charge is -2.16. The predicted octanol–water partition coefficient (Wildman–Crippen LogP) is 1.43. The SMILES string of the molecule is CCc1c(CO)sc2c1c(=O)n(C1(C)CC1)c(=O)n2CCOC. The molecule has 0 spiro atoms. The number of aromatic nitrogens is 2. The summed E-state index contributed by atoms with van der Waals surface area (Å²) < 4.78 is 8.17. The van der Waals surface area contributed by atoms with Crippen molar-refractivity contribution in [1.29, 1.82) is 0 Å². The third kappa shape index (κ3) is 2.47. The summed E-state index contributed by atoms with van der Waals surface area (Å²) in [5.74, 6) is 0. The van der Waals surface area contributed by atoms with E-state index < -0.39 is 0 Å². The molecule has 6 nitrogen and oxygen atoms in total. The van der Waals surface area contributed by atoms with Crippen LogP contribution in [0, 0.1) is 0 Å². The number of thiophene rings is 1. The van der Waals surface area contributed by atoms with Crippen LogP contribution in [-0.2, 0) is 29.8 Å². The van der Waals surface area contributed by atoms with E-state index in [1.807, 2.05) is 13.8 Å². The second-order valence-corrected chi connectivity index (χ2v) is 7.34. The van der Waals surface area contributed by atoms with Gasteiger partial charge in [-0.1, -0.05) is 6.92 Å². The maximum absolute atomic E-state index is 13.0.